The summed E-state index contributed by atoms with van der Waals surface area (Å²) in [5, 5.41) is 22.9. The summed E-state index contributed by atoms with van der Waals surface area (Å²) < 4.78 is 64.0. The fourth-order valence-corrected chi connectivity index (χ4v) is 8.55. The fraction of sp³-hybridized carbons (Fsp3) is 0.455. The molecule has 7 rings (SSSR count). The third kappa shape index (κ3) is 5.53. The van der Waals surface area contributed by atoms with Crippen molar-refractivity contribution in [2.45, 2.75) is 49.3 Å². The number of H-pyrrole nitrogens is 1. The van der Waals surface area contributed by atoms with Gasteiger partial charge in [0.15, 0.2) is 30.2 Å². The van der Waals surface area contributed by atoms with Crippen LogP contribution in [-0.4, -0.2) is 89.4 Å². The summed E-state index contributed by atoms with van der Waals surface area (Å²) in [5.41, 5.74) is 6.00. The highest BCUT2D eigenvalue weighted by atomic mass is 35.5. The van der Waals surface area contributed by atoms with E-state index in [4.69, 9.17) is 56.5 Å². The summed E-state index contributed by atoms with van der Waals surface area (Å²) in [5.74, 6) is -0.0331. The first-order chi connectivity index (χ1) is 21.2. The molecule has 2 bridgehead atoms. The van der Waals surface area contributed by atoms with Crippen LogP contribution >= 0.6 is 49.8 Å². The fourth-order valence-electron chi connectivity index (χ4n) is 5.43. The van der Waals surface area contributed by atoms with E-state index >= 15 is 0 Å². The molecule has 10 atom stereocenters. The molecule has 242 valence electrons. The second-order valence-corrected chi connectivity index (χ2v) is 16.0. The number of thiol groups is 1. The molecule has 2 unspecified atom stereocenters. The molecule has 3 aliphatic rings. The molecule has 6 heterocycles. The van der Waals surface area contributed by atoms with Crippen molar-refractivity contribution >= 4 is 77.9 Å². The Hall–Kier alpha value is -2.09. The van der Waals surface area contributed by atoms with Crippen molar-refractivity contribution < 1.29 is 46.9 Å². The minimum absolute atomic E-state index is 0.0000424. The number of hydrogen-bond acceptors (Lipinski definition) is 15. The van der Waals surface area contributed by atoms with Crippen molar-refractivity contribution in [2.75, 3.05) is 19.0 Å². The Morgan fingerprint density at radius 3 is 2.58 bits per heavy atom. The number of nitrogens with two attached hydrogens (primary N) is 1. The number of aliphatic hydroxyl groups excluding tert-OH is 2. The van der Waals surface area contributed by atoms with E-state index in [1.54, 1.807) is 0 Å². The third-order valence-corrected chi connectivity index (χ3v) is 11.0. The standard InChI is InChI=1S/C22H23Cl2N7O11P2S/c1-43(35)37-4-11-15(13(32)19(38-11)31-18-12(29-22(31)34)17(25)26-5-27-18)41-44(36,45)42-21-14(33)16(40-43)20(39-21)30-6-28-9-2-7(23)8(24)3-10(9)30/h2-3,5-6,11,13-16,19-21,32-33H,4H2,1H3,(H,29,34)(H,36,45)(H2,25,26,27)/t11-,13-,14+,15-,16-,19-,20-,21-,43?,44?/m1/s1. The lowest BCUT2D eigenvalue weighted by Gasteiger charge is -2.28. The van der Waals surface area contributed by atoms with Gasteiger partial charge in [-0.25, -0.2) is 28.9 Å². The topological polar surface area (TPSA) is 237 Å². The van der Waals surface area contributed by atoms with Gasteiger partial charge in [-0.15, -0.1) is 0 Å². The van der Waals surface area contributed by atoms with Crippen molar-refractivity contribution in [1.82, 2.24) is 29.1 Å². The Labute approximate surface area is 266 Å². The van der Waals surface area contributed by atoms with E-state index in [0.717, 1.165) is 17.6 Å². The van der Waals surface area contributed by atoms with Gasteiger partial charge in [0, 0.05) is 6.66 Å². The number of nitrogens with zero attached hydrogens (tertiary/aromatic N) is 5. The lowest BCUT2D eigenvalue weighted by Crippen LogP contribution is -2.38. The molecule has 0 spiro atoms. The molecule has 23 heteroatoms. The number of hydrogen-bond donors (Lipinski definition) is 5. The summed E-state index contributed by atoms with van der Waals surface area (Å²) in [6, 6.07) is 3.02. The number of anilines is 1. The Kier molecular flexibility index (Phi) is 7.89. The molecule has 0 aliphatic carbocycles. The van der Waals surface area contributed by atoms with Gasteiger partial charge in [-0.1, -0.05) is 35.5 Å². The summed E-state index contributed by atoms with van der Waals surface area (Å²) in [4.78, 5) is 27.5. The molecule has 45 heavy (non-hydrogen) atoms. The molecule has 0 amide bonds. The number of aromatic amines is 1. The van der Waals surface area contributed by atoms with Crippen LogP contribution in [0.5, 0.6) is 0 Å². The Morgan fingerprint density at radius 2 is 1.80 bits per heavy atom. The molecule has 3 fully saturated rings. The Balaban J connectivity index is 1.23. The van der Waals surface area contributed by atoms with Crippen molar-refractivity contribution in [1.29, 1.82) is 0 Å². The minimum Gasteiger partial charge on any atom is -0.386 e. The van der Waals surface area contributed by atoms with E-state index in [-0.39, 0.29) is 27.0 Å². The highest BCUT2D eigenvalue weighted by Gasteiger charge is 2.55. The molecular formula is C22H23Cl2N7O11P2S. The lowest BCUT2D eigenvalue weighted by atomic mass is 10.1. The molecule has 4 aromatic rings. The molecule has 3 saturated heterocycles. The van der Waals surface area contributed by atoms with Crippen LogP contribution in [-0.2, 0) is 36.7 Å². The van der Waals surface area contributed by atoms with Gasteiger partial charge in [-0.2, -0.15) is 0 Å². The van der Waals surface area contributed by atoms with E-state index in [1.165, 1.54) is 23.0 Å². The van der Waals surface area contributed by atoms with Gasteiger partial charge >= 0.3 is 20.1 Å². The number of aliphatic hydroxyl groups is 2. The van der Waals surface area contributed by atoms with Crippen LogP contribution in [0.1, 0.15) is 12.5 Å². The van der Waals surface area contributed by atoms with Gasteiger partial charge in [-0.05, 0) is 12.1 Å². The number of nitrogens with one attached hydrogen (secondary N) is 1. The van der Waals surface area contributed by atoms with Crippen molar-refractivity contribution in [2.24, 2.45) is 0 Å². The maximum absolute atomic E-state index is 13.6. The predicted molar refractivity (Wildman–Crippen MR) is 159 cm³/mol. The summed E-state index contributed by atoms with van der Waals surface area (Å²) in [7, 11) is -4.07. The van der Waals surface area contributed by atoms with Gasteiger partial charge in [0.2, 0.25) is 0 Å². The maximum atomic E-state index is 13.6. The average Bonchev–Trinajstić information content (AvgIpc) is 3.68. The van der Waals surface area contributed by atoms with Crippen molar-refractivity contribution in [3.05, 3.63) is 45.3 Å². The van der Waals surface area contributed by atoms with E-state index in [0.29, 0.717) is 11.0 Å². The van der Waals surface area contributed by atoms with Crippen LogP contribution in [0.4, 0.5) is 5.82 Å². The number of ether oxygens (including phenoxy) is 2. The van der Waals surface area contributed by atoms with Crippen molar-refractivity contribution in [3.8, 4) is 0 Å². The van der Waals surface area contributed by atoms with Gasteiger partial charge in [0.1, 0.15) is 42.4 Å². The summed E-state index contributed by atoms with van der Waals surface area (Å²) in [6.45, 7) is -3.93. The van der Waals surface area contributed by atoms with E-state index in [9.17, 15) is 24.1 Å². The normalized spacial score (nSPS) is 37.5. The minimum atomic E-state index is -4.51. The van der Waals surface area contributed by atoms with Gasteiger partial charge in [0.25, 0.3) is 0 Å². The average molecular weight is 726 g/mol. The lowest BCUT2D eigenvalue weighted by molar-refractivity contribution is -0.130. The Morgan fingerprint density at radius 1 is 1.04 bits per heavy atom. The second-order valence-electron chi connectivity index (χ2n) is 10.4. The number of nitrogen functional groups attached to an aromatic ring is 1. The van der Waals surface area contributed by atoms with E-state index in [2.05, 4.69) is 32.2 Å². The van der Waals surface area contributed by atoms with Crippen LogP contribution in [0, 0.1) is 0 Å². The van der Waals surface area contributed by atoms with Gasteiger partial charge in [0.05, 0.1) is 34.0 Å². The maximum Gasteiger partial charge on any atom is 0.388 e. The zero-order valence-electron chi connectivity index (χ0n) is 22.6. The van der Waals surface area contributed by atoms with Crippen LogP contribution in [0.2, 0.25) is 10.0 Å². The molecule has 0 saturated carbocycles. The molecule has 5 N–H and O–H groups in total. The first kappa shape index (κ1) is 31.5. The molecule has 3 aliphatic heterocycles. The molecule has 0 radical (unpaired) electrons. The number of halogens is 2. The highest BCUT2D eigenvalue weighted by molar-refractivity contribution is 8.44. The number of imidazole rings is 2. The van der Waals surface area contributed by atoms with Gasteiger partial charge in [-0.3, -0.25) is 18.1 Å². The highest BCUT2D eigenvalue weighted by Crippen LogP contribution is 2.60. The zero-order valence-corrected chi connectivity index (χ0v) is 26.8. The SMILES string of the molecule is CP1(=O)OC[C@H]2O[C@@H](n3c(=O)[nH]c4c(N)ncnc43)[C@H](O)[C@@H]2OP(=O)(S)O[C@H]2O[C@@H](n3cnc4cc(Cl)c(Cl)cc43)[C@H](O1)[C@@H]2O. The number of fused-ring (bicyclic) bond motifs is 5. The number of rotatable bonds is 2. The Bertz CT molecular complexity index is 1980. The zero-order chi connectivity index (χ0) is 32.0. The second kappa shape index (κ2) is 11.3. The van der Waals surface area contributed by atoms with Crippen LogP contribution in [0.3, 0.4) is 0 Å². The van der Waals surface area contributed by atoms with E-state index in [1.807, 2.05) is 0 Å². The smallest absolute Gasteiger partial charge is 0.386 e. The molecule has 18 nitrogen and oxygen atoms in total. The van der Waals surface area contributed by atoms with Crippen LogP contribution in [0.15, 0.2) is 29.6 Å². The predicted octanol–water partition coefficient (Wildman–Crippen LogP) is 2.21. The van der Waals surface area contributed by atoms with Gasteiger partial charge < -0.3 is 39.5 Å². The molecule has 1 aromatic carbocycles. The third-order valence-electron chi connectivity index (χ3n) is 7.44. The first-order valence-electron chi connectivity index (χ1n) is 13.0. The molecule has 3 aromatic heterocycles. The molecular weight excluding hydrogens is 703 g/mol. The number of benzene rings is 1. The van der Waals surface area contributed by atoms with E-state index < -0.39 is 76.0 Å². The first-order valence-corrected chi connectivity index (χ1v) is 18.5. The largest absolute Gasteiger partial charge is 0.388 e. The summed E-state index contributed by atoms with van der Waals surface area (Å²) in [6.07, 6.45) is -9.68. The quantitative estimate of drug-likeness (QED) is 0.147. The number of aromatic nitrogens is 6. The summed E-state index contributed by atoms with van der Waals surface area (Å²) >= 11 is 16.4. The van der Waals surface area contributed by atoms with Crippen LogP contribution < -0.4 is 11.4 Å². The van der Waals surface area contributed by atoms with Crippen LogP contribution in [0.25, 0.3) is 22.2 Å². The van der Waals surface area contributed by atoms with Crippen molar-refractivity contribution in [3.63, 3.8) is 0 Å². The monoisotopic (exact) mass is 725 g/mol.